The van der Waals surface area contributed by atoms with Crippen molar-refractivity contribution >= 4 is 40.7 Å². The van der Waals surface area contributed by atoms with Crippen molar-refractivity contribution in [2.75, 3.05) is 6.61 Å². The highest BCUT2D eigenvalue weighted by molar-refractivity contribution is 5.95. The topological polar surface area (TPSA) is 146 Å². The third-order valence-corrected chi connectivity index (χ3v) is 5.21. The average Bonchev–Trinajstić information content (AvgIpc) is 3.14. The number of para-hydroxylation sites is 1. The Labute approximate surface area is 206 Å². The maximum Gasteiger partial charge on any atom is 0.303 e. The van der Waals surface area contributed by atoms with Gasteiger partial charge in [0.05, 0.1) is 11.7 Å². The summed E-state index contributed by atoms with van der Waals surface area (Å²) in [7, 11) is 0. The molecule has 2 aromatic rings. The van der Waals surface area contributed by atoms with Gasteiger partial charge in [-0.3, -0.25) is 28.5 Å². The van der Waals surface area contributed by atoms with E-state index in [0.29, 0.717) is 10.9 Å². The SMILES string of the molecule is CC(=O)OC[C@@H]1O[C@@H](Oc2cn(C(C)=O)c3ccccc23)[C@H](OC(C)=O)[C@@H](OC(C)=O)[C@@H]1OC(C)=O. The first-order chi connectivity index (χ1) is 17.0. The Morgan fingerprint density at radius 2 is 1.39 bits per heavy atom. The lowest BCUT2D eigenvalue weighted by atomic mass is 9.98. The lowest BCUT2D eigenvalue weighted by Gasteiger charge is -2.43. The van der Waals surface area contributed by atoms with Crippen molar-refractivity contribution in [3.63, 3.8) is 0 Å². The van der Waals surface area contributed by atoms with Gasteiger partial charge in [-0.2, -0.15) is 0 Å². The van der Waals surface area contributed by atoms with Gasteiger partial charge in [0.1, 0.15) is 18.5 Å². The van der Waals surface area contributed by atoms with Gasteiger partial charge in [-0.25, -0.2) is 0 Å². The van der Waals surface area contributed by atoms with E-state index in [1.54, 1.807) is 24.3 Å². The quantitative estimate of drug-likeness (QED) is 0.401. The lowest BCUT2D eigenvalue weighted by Crippen LogP contribution is -2.63. The van der Waals surface area contributed by atoms with Gasteiger partial charge in [0.15, 0.2) is 12.2 Å². The zero-order chi connectivity index (χ0) is 26.6. The predicted molar refractivity (Wildman–Crippen MR) is 121 cm³/mol. The van der Waals surface area contributed by atoms with Crippen LogP contribution in [0.25, 0.3) is 10.9 Å². The van der Waals surface area contributed by atoms with Crippen molar-refractivity contribution in [1.29, 1.82) is 0 Å². The van der Waals surface area contributed by atoms with E-state index >= 15 is 0 Å². The van der Waals surface area contributed by atoms with Gasteiger partial charge in [-0.05, 0) is 12.1 Å². The van der Waals surface area contributed by atoms with Crippen LogP contribution in [-0.4, -0.2) is 71.7 Å². The van der Waals surface area contributed by atoms with Crippen LogP contribution in [0.1, 0.15) is 39.4 Å². The van der Waals surface area contributed by atoms with Crippen molar-refractivity contribution in [3.8, 4) is 5.75 Å². The summed E-state index contributed by atoms with van der Waals surface area (Å²) in [6.07, 6.45) is -5.16. The van der Waals surface area contributed by atoms with E-state index in [-0.39, 0.29) is 18.3 Å². The van der Waals surface area contributed by atoms with E-state index in [0.717, 1.165) is 20.8 Å². The third-order valence-electron chi connectivity index (χ3n) is 5.21. The first-order valence-electron chi connectivity index (χ1n) is 11.1. The Morgan fingerprint density at radius 3 is 1.97 bits per heavy atom. The van der Waals surface area contributed by atoms with Crippen LogP contribution in [0.3, 0.4) is 0 Å². The molecule has 36 heavy (non-hydrogen) atoms. The highest BCUT2D eigenvalue weighted by atomic mass is 16.7. The lowest BCUT2D eigenvalue weighted by molar-refractivity contribution is -0.288. The summed E-state index contributed by atoms with van der Waals surface area (Å²) in [5.41, 5.74) is 0.561. The molecule has 1 aliphatic heterocycles. The molecule has 0 spiro atoms. The third kappa shape index (κ3) is 6.19. The molecule has 3 rings (SSSR count). The molecule has 12 nitrogen and oxygen atoms in total. The minimum absolute atomic E-state index is 0.210. The number of ether oxygens (including phenoxy) is 6. The maximum atomic E-state index is 12.1. The Balaban J connectivity index is 2.07. The fourth-order valence-electron chi connectivity index (χ4n) is 3.91. The smallest absolute Gasteiger partial charge is 0.303 e. The van der Waals surface area contributed by atoms with Gasteiger partial charge in [0.25, 0.3) is 0 Å². The van der Waals surface area contributed by atoms with E-state index < -0.39 is 54.6 Å². The van der Waals surface area contributed by atoms with Gasteiger partial charge < -0.3 is 28.4 Å². The summed E-state index contributed by atoms with van der Waals surface area (Å²) >= 11 is 0. The van der Waals surface area contributed by atoms with E-state index in [1.165, 1.54) is 24.6 Å². The summed E-state index contributed by atoms with van der Waals surface area (Å²) in [6, 6.07) is 6.93. The van der Waals surface area contributed by atoms with E-state index in [9.17, 15) is 24.0 Å². The Bertz CT molecular complexity index is 1170. The van der Waals surface area contributed by atoms with Crippen molar-refractivity contribution in [1.82, 2.24) is 4.57 Å². The number of nitrogens with zero attached hydrogens (tertiary/aromatic N) is 1. The summed E-state index contributed by atoms with van der Waals surface area (Å²) < 4.78 is 34.6. The summed E-state index contributed by atoms with van der Waals surface area (Å²) in [6.45, 7) is 5.57. The zero-order valence-electron chi connectivity index (χ0n) is 20.4. The first kappa shape index (κ1) is 26.7. The number of esters is 4. The number of carbonyl (C=O) groups excluding carboxylic acids is 5. The number of rotatable bonds is 7. The fraction of sp³-hybridized carbons (Fsp3) is 0.458. The van der Waals surface area contributed by atoms with Gasteiger partial charge in [0, 0.05) is 40.0 Å². The monoisotopic (exact) mass is 505 g/mol. The van der Waals surface area contributed by atoms with Gasteiger partial charge in [0.2, 0.25) is 18.3 Å². The Morgan fingerprint density at radius 1 is 0.806 bits per heavy atom. The van der Waals surface area contributed by atoms with E-state index in [4.69, 9.17) is 28.4 Å². The van der Waals surface area contributed by atoms with Crippen LogP contribution >= 0.6 is 0 Å². The molecule has 0 aliphatic carbocycles. The fourth-order valence-corrected chi connectivity index (χ4v) is 3.91. The zero-order valence-corrected chi connectivity index (χ0v) is 20.4. The average molecular weight is 505 g/mol. The second-order valence-corrected chi connectivity index (χ2v) is 8.09. The molecule has 1 aliphatic rings. The highest BCUT2D eigenvalue weighted by Gasteiger charge is 2.53. The molecule has 0 amide bonds. The summed E-state index contributed by atoms with van der Waals surface area (Å²) in [5.74, 6) is -2.94. The van der Waals surface area contributed by atoms with Crippen LogP contribution in [-0.2, 0) is 42.9 Å². The second kappa shape index (κ2) is 11.2. The molecule has 2 heterocycles. The summed E-state index contributed by atoms with van der Waals surface area (Å²) in [4.78, 5) is 59.4. The molecule has 0 saturated carbocycles. The number of benzene rings is 1. The molecule has 5 atom stereocenters. The molecule has 194 valence electrons. The molecule has 0 radical (unpaired) electrons. The van der Waals surface area contributed by atoms with Crippen LogP contribution in [0.4, 0.5) is 0 Å². The molecular formula is C24H27NO11. The number of hydrogen-bond acceptors (Lipinski definition) is 11. The van der Waals surface area contributed by atoms with Gasteiger partial charge in [-0.15, -0.1) is 0 Å². The van der Waals surface area contributed by atoms with Gasteiger partial charge >= 0.3 is 23.9 Å². The molecule has 1 fully saturated rings. The first-order valence-corrected chi connectivity index (χ1v) is 11.1. The predicted octanol–water partition coefficient (Wildman–Crippen LogP) is 1.76. The maximum absolute atomic E-state index is 12.1. The molecule has 0 N–H and O–H groups in total. The Kier molecular flexibility index (Phi) is 8.30. The Hall–Kier alpha value is -3.93. The molecule has 0 bridgehead atoms. The van der Waals surface area contributed by atoms with Crippen LogP contribution < -0.4 is 4.74 Å². The van der Waals surface area contributed by atoms with E-state index in [1.807, 2.05) is 0 Å². The van der Waals surface area contributed by atoms with Crippen LogP contribution in [0.15, 0.2) is 30.5 Å². The number of hydrogen-bond donors (Lipinski definition) is 0. The number of aromatic nitrogens is 1. The molecule has 1 aromatic carbocycles. The molecular weight excluding hydrogens is 478 g/mol. The van der Waals surface area contributed by atoms with Crippen LogP contribution in [0, 0.1) is 0 Å². The standard InChI is InChI=1S/C24H27NO11/c1-12(26)25-10-19(17-8-6-7-9-18(17)25)35-24-23(34-16(5)30)22(33-15(4)29)21(32-14(3)28)20(36-24)11-31-13(2)27/h6-10,20-24H,11H2,1-5H3/t20-,21+,22-,23+,24+/m0/s1. The number of carbonyl (C=O) groups is 5. The van der Waals surface area contributed by atoms with Crippen molar-refractivity contribution in [2.45, 2.75) is 65.3 Å². The van der Waals surface area contributed by atoms with Crippen molar-refractivity contribution < 1.29 is 52.4 Å². The van der Waals surface area contributed by atoms with Crippen LogP contribution in [0.5, 0.6) is 5.75 Å². The molecule has 12 heteroatoms. The second-order valence-electron chi connectivity index (χ2n) is 8.09. The molecule has 1 saturated heterocycles. The summed E-state index contributed by atoms with van der Waals surface area (Å²) in [5, 5.41) is 0.556. The largest absolute Gasteiger partial charge is 0.463 e. The minimum Gasteiger partial charge on any atom is -0.463 e. The molecule has 0 unspecified atom stereocenters. The minimum atomic E-state index is -1.41. The number of fused-ring (bicyclic) bond motifs is 1. The van der Waals surface area contributed by atoms with Gasteiger partial charge in [-0.1, -0.05) is 12.1 Å². The van der Waals surface area contributed by atoms with Crippen LogP contribution in [0.2, 0.25) is 0 Å². The highest BCUT2D eigenvalue weighted by Crippen LogP contribution is 2.34. The van der Waals surface area contributed by atoms with Crippen molar-refractivity contribution in [2.24, 2.45) is 0 Å². The molecule has 1 aromatic heterocycles. The van der Waals surface area contributed by atoms with Crippen molar-refractivity contribution in [3.05, 3.63) is 30.5 Å². The normalized spacial score (nSPS) is 23.4. The van der Waals surface area contributed by atoms with E-state index in [2.05, 4.69) is 0 Å².